The maximum atomic E-state index is 11.9. The third kappa shape index (κ3) is 4.54. The van der Waals surface area contributed by atoms with Crippen molar-refractivity contribution in [2.45, 2.75) is 39.7 Å². The molecule has 1 amide bonds. The van der Waals surface area contributed by atoms with Crippen molar-refractivity contribution in [2.24, 2.45) is 5.92 Å². The van der Waals surface area contributed by atoms with Gasteiger partial charge in [0.05, 0.1) is 0 Å². The highest BCUT2D eigenvalue weighted by Gasteiger charge is 2.17. The van der Waals surface area contributed by atoms with Crippen LogP contribution in [0.3, 0.4) is 0 Å². The molecule has 0 aliphatic rings. The maximum absolute atomic E-state index is 11.9. The van der Waals surface area contributed by atoms with Gasteiger partial charge in [0.25, 0.3) is 0 Å². The Balaban J connectivity index is 2.71. The molecule has 1 aromatic rings. The highest BCUT2D eigenvalue weighted by Crippen LogP contribution is 2.22. The Labute approximate surface area is 121 Å². The summed E-state index contributed by atoms with van der Waals surface area (Å²) in [6.45, 7) is 9.07. The minimum atomic E-state index is -0.125. The number of rotatable bonds is 4. The number of amides is 1. The van der Waals surface area contributed by atoms with E-state index in [-0.39, 0.29) is 17.2 Å². The molecule has 0 saturated heterocycles. The lowest BCUT2D eigenvalue weighted by Gasteiger charge is -2.22. The van der Waals surface area contributed by atoms with Crippen molar-refractivity contribution in [1.29, 1.82) is 0 Å². The van der Waals surface area contributed by atoms with E-state index >= 15 is 0 Å². The lowest BCUT2D eigenvalue weighted by Crippen LogP contribution is -2.31. The Morgan fingerprint density at radius 1 is 1.26 bits per heavy atom. The second-order valence-electron chi connectivity index (χ2n) is 6.20. The molecular formula is C16H24ClNO. The quantitative estimate of drug-likeness (QED) is 0.769. The number of benzene rings is 1. The van der Waals surface area contributed by atoms with Gasteiger partial charge in [-0.2, -0.15) is 0 Å². The molecule has 0 bridgehead atoms. The van der Waals surface area contributed by atoms with Crippen LogP contribution in [0.25, 0.3) is 0 Å². The van der Waals surface area contributed by atoms with E-state index in [9.17, 15) is 4.79 Å². The van der Waals surface area contributed by atoms with Crippen molar-refractivity contribution < 1.29 is 4.79 Å². The van der Waals surface area contributed by atoms with Gasteiger partial charge in [-0.25, -0.2) is 0 Å². The topological polar surface area (TPSA) is 20.3 Å². The molecule has 0 heterocycles. The van der Waals surface area contributed by atoms with Gasteiger partial charge in [-0.1, -0.05) is 52.0 Å². The van der Waals surface area contributed by atoms with E-state index in [0.29, 0.717) is 12.4 Å². The van der Waals surface area contributed by atoms with E-state index in [1.165, 1.54) is 5.56 Å². The molecule has 3 heteroatoms. The maximum Gasteiger partial charge on any atom is 0.226 e. The summed E-state index contributed by atoms with van der Waals surface area (Å²) >= 11 is 5.72. The molecule has 1 unspecified atom stereocenters. The number of halogens is 1. The smallest absolute Gasteiger partial charge is 0.226 e. The number of carbonyl (C=O) groups is 1. The molecule has 0 saturated carbocycles. The van der Waals surface area contributed by atoms with Crippen molar-refractivity contribution >= 4 is 17.5 Å². The van der Waals surface area contributed by atoms with Gasteiger partial charge >= 0.3 is 0 Å². The monoisotopic (exact) mass is 281 g/mol. The minimum Gasteiger partial charge on any atom is -0.341 e. The summed E-state index contributed by atoms with van der Waals surface area (Å²) in [4.78, 5) is 13.7. The van der Waals surface area contributed by atoms with Crippen LogP contribution >= 0.6 is 11.6 Å². The number of hydrogen-bond donors (Lipinski definition) is 0. The molecule has 0 aliphatic carbocycles. The van der Waals surface area contributed by atoms with Crippen LogP contribution in [-0.4, -0.2) is 23.7 Å². The van der Waals surface area contributed by atoms with Crippen molar-refractivity contribution in [3.63, 3.8) is 0 Å². The van der Waals surface area contributed by atoms with Crippen LogP contribution in [0.15, 0.2) is 24.3 Å². The molecule has 19 heavy (non-hydrogen) atoms. The first kappa shape index (κ1) is 16.0. The molecule has 0 aliphatic heterocycles. The van der Waals surface area contributed by atoms with Crippen molar-refractivity contribution in [3.05, 3.63) is 35.4 Å². The summed E-state index contributed by atoms with van der Waals surface area (Å²) in [6.07, 6.45) is 0. The van der Waals surface area contributed by atoms with E-state index in [0.717, 1.165) is 5.56 Å². The van der Waals surface area contributed by atoms with E-state index in [1.54, 1.807) is 4.90 Å². The van der Waals surface area contributed by atoms with Crippen LogP contribution in [0.2, 0.25) is 0 Å². The summed E-state index contributed by atoms with van der Waals surface area (Å²) in [7, 11) is 1.82. The van der Waals surface area contributed by atoms with Crippen LogP contribution in [-0.2, 0) is 16.8 Å². The molecule has 1 rings (SSSR count). The molecular weight excluding hydrogens is 258 g/mol. The summed E-state index contributed by atoms with van der Waals surface area (Å²) in [5, 5.41) is 0. The third-order valence-corrected chi connectivity index (χ3v) is 3.73. The summed E-state index contributed by atoms with van der Waals surface area (Å²) in [6, 6.07) is 8.46. The molecule has 106 valence electrons. The molecule has 2 nitrogen and oxygen atoms in total. The van der Waals surface area contributed by atoms with E-state index in [2.05, 4.69) is 45.0 Å². The molecule has 1 atom stereocenters. The van der Waals surface area contributed by atoms with Gasteiger partial charge < -0.3 is 4.90 Å². The standard InChI is InChI=1S/C16H24ClNO/c1-12(10-17)15(19)18(5)11-13-6-8-14(9-7-13)16(2,3)4/h6-9,12H,10-11H2,1-5H3. The van der Waals surface area contributed by atoms with Gasteiger partial charge in [0.1, 0.15) is 0 Å². The van der Waals surface area contributed by atoms with E-state index < -0.39 is 0 Å². The van der Waals surface area contributed by atoms with E-state index in [4.69, 9.17) is 11.6 Å². The fourth-order valence-electron chi connectivity index (χ4n) is 1.90. The fourth-order valence-corrected chi connectivity index (χ4v) is 2.04. The van der Waals surface area contributed by atoms with Gasteiger partial charge in [0, 0.05) is 25.4 Å². The molecule has 0 aromatic heterocycles. The van der Waals surface area contributed by atoms with Crippen molar-refractivity contribution in [1.82, 2.24) is 4.90 Å². The third-order valence-electron chi connectivity index (χ3n) is 3.27. The second kappa shape index (κ2) is 6.42. The van der Waals surface area contributed by atoms with Crippen molar-refractivity contribution in [3.8, 4) is 0 Å². The average Bonchev–Trinajstić information content (AvgIpc) is 2.36. The molecule has 0 fully saturated rings. The first-order valence-electron chi connectivity index (χ1n) is 6.66. The zero-order valence-electron chi connectivity index (χ0n) is 12.5. The predicted octanol–water partition coefficient (Wildman–Crippen LogP) is 3.82. The van der Waals surface area contributed by atoms with Gasteiger partial charge in [0.15, 0.2) is 0 Å². The highest BCUT2D eigenvalue weighted by atomic mass is 35.5. The normalized spacial score (nSPS) is 13.2. The van der Waals surface area contributed by atoms with Gasteiger partial charge in [-0.15, -0.1) is 11.6 Å². The molecule has 1 aromatic carbocycles. The van der Waals surface area contributed by atoms with Crippen LogP contribution in [0.1, 0.15) is 38.8 Å². The zero-order valence-corrected chi connectivity index (χ0v) is 13.3. The molecule has 0 N–H and O–H groups in total. The number of hydrogen-bond acceptors (Lipinski definition) is 1. The first-order valence-corrected chi connectivity index (χ1v) is 7.19. The number of nitrogens with zero attached hydrogens (tertiary/aromatic N) is 1. The van der Waals surface area contributed by atoms with Crippen LogP contribution in [0.5, 0.6) is 0 Å². The SMILES string of the molecule is CC(CCl)C(=O)N(C)Cc1ccc(C(C)(C)C)cc1. The second-order valence-corrected chi connectivity index (χ2v) is 6.51. The van der Waals surface area contributed by atoms with Gasteiger partial charge in [-0.3, -0.25) is 4.79 Å². The first-order chi connectivity index (χ1) is 8.75. The highest BCUT2D eigenvalue weighted by molar-refractivity contribution is 6.19. The zero-order chi connectivity index (χ0) is 14.6. The van der Waals surface area contributed by atoms with Crippen molar-refractivity contribution in [2.75, 3.05) is 12.9 Å². The molecule has 0 radical (unpaired) electrons. The summed E-state index contributed by atoms with van der Waals surface area (Å²) < 4.78 is 0. The Bertz CT molecular complexity index is 419. The Kier molecular flexibility index (Phi) is 5.42. The van der Waals surface area contributed by atoms with E-state index in [1.807, 2.05) is 14.0 Å². The average molecular weight is 282 g/mol. The number of alkyl halides is 1. The predicted molar refractivity (Wildman–Crippen MR) is 81.5 cm³/mol. The lowest BCUT2D eigenvalue weighted by molar-refractivity contribution is -0.133. The Morgan fingerprint density at radius 2 is 1.79 bits per heavy atom. The lowest BCUT2D eigenvalue weighted by atomic mass is 9.87. The van der Waals surface area contributed by atoms with Crippen LogP contribution in [0.4, 0.5) is 0 Å². The van der Waals surface area contributed by atoms with Crippen LogP contribution in [0, 0.1) is 5.92 Å². The minimum absolute atomic E-state index is 0.0925. The van der Waals surface area contributed by atoms with Gasteiger partial charge in [0.2, 0.25) is 5.91 Å². The number of carbonyl (C=O) groups excluding carboxylic acids is 1. The van der Waals surface area contributed by atoms with Gasteiger partial charge in [-0.05, 0) is 16.5 Å². The Hall–Kier alpha value is -1.02. The largest absolute Gasteiger partial charge is 0.341 e. The Morgan fingerprint density at radius 3 is 2.21 bits per heavy atom. The summed E-state index contributed by atoms with van der Waals surface area (Å²) in [5.74, 6) is 0.335. The molecule has 0 spiro atoms. The fraction of sp³-hybridized carbons (Fsp3) is 0.562. The summed E-state index contributed by atoms with van der Waals surface area (Å²) in [5.41, 5.74) is 2.61. The van der Waals surface area contributed by atoms with Crippen LogP contribution < -0.4 is 0 Å².